The molecule has 0 saturated heterocycles. The van der Waals surface area contributed by atoms with Crippen LogP contribution in [0.15, 0.2) is 29.3 Å². The van der Waals surface area contributed by atoms with Crippen molar-refractivity contribution in [1.82, 2.24) is 21.3 Å². The molecule has 0 fully saturated rings. The number of aliphatic imine (C=N–C) groups is 1. The molecule has 242 valence electrons. The molecule has 1 aromatic rings. The first kappa shape index (κ1) is 36.7. The third-order valence-electron chi connectivity index (χ3n) is 5.98. The second-order valence-corrected chi connectivity index (χ2v) is 9.63. The van der Waals surface area contributed by atoms with Gasteiger partial charge in [0.05, 0.1) is 18.5 Å². The van der Waals surface area contributed by atoms with Gasteiger partial charge in [-0.25, -0.2) is 0 Å². The summed E-state index contributed by atoms with van der Waals surface area (Å²) in [5, 5.41) is 23.3. The number of hydrogen-bond donors (Lipinski definition) is 7. The molecule has 0 radical (unpaired) electrons. The smallest absolute Gasteiger partial charge is 0.306 e. The van der Waals surface area contributed by atoms with Crippen LogP contribution in [0.4, 0.5) is 11.4 Å². The summed E-state index contributed by atoms with van der Waals surface area (Å²) in [7, 11) is 1.18. The van der Waals surface area contributed by atoms with Crippen LogP contribution in [0.5, 0.6) is 0 Å². The number of nitro benzene ring substituents is 1. The third-order valence-corrected chi connectivity index (χ3v) is 5.98. The number of hydrogen-bond acceptors (Lipinski definition) is 10. The first-order valence-electron chi connectivity index (χ1n) is 13.5. The maximum atomic E-state index is 13.0. The molecular formula is C26H39N9O9. The monoisotopic (exact) mass is 621 g/mol. The SMILES string of the molecule is COC(=O)CCC(=O)N[C@@H](C)C(=O)N[C@@H](C)C(=O)N[C@@H](C)C(=O)N[C@@H](CCCN=C(N)N)C(=O)Nc1ccc([N+](=O)[O-])cc1. The van der Waals surface area contributed by atoms with Crippen molar-refractivity contribution < 1.29 is 38.4 Å². The van der Waals surface area contributed by atoms with Crippen LogP contribution in [0.3, 0.4) is 0 Å². The predicted octanol–water partition coefficient (Wildman–Crippen LogP) is -1.46. The average Bonchev–Trinajstić information content (AvgIpc) is 2.96. The number of nitrogens with one attached hydrogen (secondary N) is 5. The molecule has 5 amide bonds. The molecule has 0 aliphatic rings. The molecule has 0 bridgehead atoms. The number of non-ortho nitro benzene ring substituents is 1. The lowest BCUT2D eigenvalue weighted by Gasteiger charge is -2.23. The van der Waals surface area contributed by atoms with E-state index in [-0.39, 0.29) is 43.1 Å². The number of nitro groups is 1. The van der Waals surface area contributed by atoms with Gasteiger partial charge >= 0.3 is 5.97 Å². The van der Waals surface area contributed by atoms with Gasteiger partial charge in [-0.2, -0.15) is 0 Å². The number of methoxy groups -OCH3 is 1. The molecule has 0 aliphatic heterocycles. The zero-order chi connectivity index (χ0) is 33.4. The Labute approximate surface area is 253 Å². The number of nitrogens with zero attached hydrogens (tertiary/aromatic N) is 2. The van der Waals surface area contributed by atoms with Crippen LogP contribution in [0.25, 0.3) is 0 Å². The Kier molecular flexibility index (Phi) is 15.3. The second kappa shape index (κ2) is 18.3. The van der Waals surface area contributed by atoms with Crippen molar-refractivity contribution in [3.63, 3.8) is 0 Å². The van der Waals surface area contributed by atoms with E-state index in [1.165, 1.54) is 52.1 Å². The molecule has 18 nitrogen and oxygen atoms in total. The summed E-state index contributed by atoms with van der Waals surface area (Å²) in [5.74, 6) is -4.03. The molecule has 1 aromatic carbocycles. The van der Waals surface area contributed by atoms with Crippen LogP contribution in [0.1, 0.15) is 46.5 Å². The van der Waals surface area contributed by atoms with Crippen molar-refractivity contribution in [3.8, 4) is 0 Å². The Morgan fingerprint density at radius 2 is 1.36 bits per heavy atom. The highest BCUT2D eigenvalue weighted by molar-refractivity contribution is 5.99. The Morgan fingerprint density at radius 3 is 1.86 bits per heavy atom. The van der Waals surface area contributed by atoms with Crippen LogP contribution < -0.4 is 38.1 Å². The zero-order valence-electron chi connectivity index (χ0n) is 24.9. The van der Waals surface area contributed by atoms with E-state index in [4.69, 9.17) is 11.5 Å². The van der Waals surface area contributed by atoms with Crippen LogP contribution in [-0.2, 0) is 33.5 Å². The van der Waals surface area contributed by atoms with E-state index in [2.05, 4.69) is 36.3 Å². The fraction of sp³-hybridized carbons (Fsp3) is 0.500. The number of guanidine groups is 1. The first-order valence-corrected chi connectivity index (χ1v) is 13.5. The number of ether oxygens (including phenoxy) is 1. The predicted molar refractivity (Wildman–Crippen MR) is 158 cm³/mol. The molecule has 4 atom stereocenters. The Hall–Kier alpha value is -5.29. The fourth-order valence-corrected chi connectivity index (χ4v) is 3.47. The molecule has 0 saturated carbocycles. The fourth-order valence-electron chi connectivity index (χ4n) is 3.47. The number of esters is 1. The molecule has 0 aromatic heterocycles. The van der Waals surface area contributed by atoms with Gasteiger partial charge in [-0.15, -0.1) is 0 Å². The maximum absolute atomic E-state index is 13.0. The van der Waals surface area contributed by atoms with Gasteiger partial charge in [-0.1, -0.05) is 0 Å². The highest BCUT2D eigenvalue weighted by Gasteiger charge is 2.27. The minimum absolute atomic E-state index is 0.109. The van der Waals surface area contributed by atoms with E-state index in [0.717, 1.165) is 0 Å². The van der Waals surface area contributed by atoms with Crippen molar-refractivity contribution in [1.29, 1.82) is 0 Å². The highest BCUT2D eigenvalue weighted by Crippen LogP contribution is 2.16. The van der Waals surface area contributed by atoms with Gasteiger partial charge in [-0.3, -0.25) is 43.9 Å². The van der Waals surface area contributed by atoms with E-state index in [9.17, 15) is 38.9 Å². The molecule has 1 rings (SSSR count). The minimum atomic E-state index is -1.13. The molecule has 0 spiro atoms. The summed E-state index contributed by atoms with van der Waals surface area (Å²) in [6.07, 6.45) is 0.0643. The number of amides is 5. The van der Waals surface area contributed by atoms with Gasteiger partial charge in [0.1, 0.15) is 24.2 Å². The van der Waals surface area contributed by atoms with Gasteiger partial charge in [0.25, 0.3) is 5.69 Å². The van der Waals surface area contributed by atoms with Crippen LogP contribution in [0, 0.1) is 10.1 Å². The second-order valence-electron chi connectivity index (χ2n) is 9.63. The van der Waals surface area contributed by atoms with Crippen molar-refractivity contribution in [2.45, 2.75) is 70.6 Å². The number of anilines is 1. The van der Waals surface area contributed by atoms with Crippen molar-refractivity contribution in [2.75, 3.05) is 19.0 Å². The summed E-state index contributed by atoms with van der Waals surface area (Å²) in [5.41, 5.74) is 10.7. The quantitative estimate of drug-likeness (QED) is 0.0263. The van der Waals surface area contributed by atoms with Gasteiger partial charge in [0, 0.05) is 30.8 Å². The first-order chi connectivity index (χ1) is 20.6. The van der Waals surface area contributed by atoms with Gasteiger partial charge < -0.3 is 42.8 Å². The van der Waals surface area contributed by atoms with Crippen LogP contribution in [0.2, 0.25) is 0 Å². The van der Waals surface area contributed by atoms with Crippen molar-refractivity contribution in [3.05, 3.63) is 34.4 Å². The summed E-state index contributed by atoms with van der Waals surface area (Å²) in [6.45, 7) is 4.30. The summed E-state index contributed by atoms with van der Waals surface area (Å²) >= 11 is 0. The topological polar surface area (TPSA) is 279 Å². The summed E-state index contributed by atoms with van der Waals surface area (Å²) < 4.78 is 4.45. The Morgan fingerprint density at radius 1 is 0.841 bits per heavy atom. The minimum Gasteiger partial charge on any atom is -0.469 e. The van der Waals surface area contributed by atoms with Gasteiger partial charge in [-0.05, 0) is 45.7 Å². The van der Waals surface area contributed by atoms with Crippen molar-refractivity contribution in [2.24, 2.45) is 16.5 Å². The molecular weight excluding hydrogens is 582 g/mol. The Bertz CT molecular complexity index is 1230. The molecule has 0 unspecified atom stereocenters. The lowest BCUT2D eigenvalue weighted by atomic mass is 10.1. The highest BCUT2D eigenvalue weighted by atomic mass is 16.6. The summed E-state index contributed by atoms with van der Waals surface area (Å²) in [4.78, 5) is 88.1. The standard InChI is InChI=1S/C26H39N9O9/c1-14(30-20(36)11-12-21(37)44-4)22(38)31-15(2)23(39)32-16(3)24(40)34-19(6-5-13-29-26(27)28)25(41)33-17-7-9-18(10-8-17)35(42)43/h7-10,14-16,19H,5-6,11-13H2,1-4H3,(H,30,36)(H,31,38)(H,32,39)(H,33,41)(H,34,40)(H4,27,28,29)/t14-,15-,16-,19-/m0/s1. The normalized spacial score (nSPS) is 13.1. The largest absolute Gasteiger partial charge is 0.469 e. The van der Waals surface area contributed by atoms with E-state index < -0.39 is 64.6 Å². The van der Waals surface area contributed by atoms with Crippen LogP contribution in [-0.4, -0.2) is 84.2 Å². The molecule has 9 N–H and O–H groups in total. The Balaban J connectivity index is 2.76. The molecule has 44 heavy (non-hydrogen) atoms. The van der Waals surface area contributed by atoms with E-state index in [1.807, 2.05) is 0 Å². The molecule has 0 aliphatic carbocycles. The molecule has 0 heterocycles. The third kappa shape index (κ3) is 13.6. The number of benzene rings is 1. The number of nitrogens with two attached hydrogens (primary N) is 2. The van der Waals surface area contributed by atoms with Gasteiger partial charge in [0.15, 0.2) is 5.96 Å². The molecule has 18 heteroatoms. The number of rotatable bonds is 17. The van der Waals surface area contributed by atoms with E-state index in [1.54, 1.807) is 0 Å². The average molecular weight is 622 g/mol. The van der Waals surface area contributed by atoms with Crippen molar-refractivity contribution >= 4 is 52.8 Å². The number of carbonyl (C=O) groups excluding carboxylic acids is 6. The lowest BCUT2D eigenvalue weighted by molar-refractivity contribution is -0.384. The van der Waals surface area contributed by atoms with Crippen LogP contribution >= 0.6 is 0 Å². The van der Waals surface area contributed by atoms with E-state index in [0.29, 0.717) is 6.42 Å². The maximum Gasteiger partial charge on any atom is 0.306 e. The number of carbonyl (C=O) groups is 6. The van der Waals surface area contributed by atoms with Gasteiger partial charge in [0.2, 0.25) is 29.5 Å². The van der Waals surface area contributed by atoms with E-state index >= 15 is 0 Å². The zero-order valence-corrected chi connectivity index (χ0v) is 24.9. The lowest BCUT2D eigenvalue weighted by Crippen LogP contribution is -2.56. The summed E-state index contributed by atoms with van der Waals surface area (Å²) in [6, 6.07) is 0.733.